The number of ether oxygens (including phenoxy) is 1. The number of benzene rings is 2. The number of esters is 1. The maximum atomic E-state index is 12.3. The Morgan fingerprint density at radius 3 is 2.54 bits per heavy atom. The molecule has 0 spiro atoms. The molecule has 1 N–H and O–H groups in total. The number of nitrogens with zero attached hydrogens (tertiary/aromatic N) is 2. The lowest BCUT2D eigenvalue weighted by atomic mass is 10.2. The third-order valence-corrected chi connectivity index (χ3v) is 3.55. The first kappa shape index (κ1) is 17.3. The van der Waals surface area contributed by atoms with Crippen LogP contribution in [0.1, 0.15) is 23.0 Å². The van der Waals surface area contributed by atoms with Gasteiger partial charge in [-0.05, 0) is 42.8 Å². The van der Waals surface area contributed by atoms with E-state index in [2.05, 4.69) is 15.3 Å². The highest BCUT2D eigenvalue weighted by Crippen LogP contribution is 2.13. The number of para-hydroxylation sites is 2. The Labute approximate surface area is 150 Å². The topological polar surface area (TPSA) is 81.2 Å². The van der Waals surface area contributed by atoms with Crippen LogP contribution in [-0.4, -0.2) is 28.5 Å². The Balaban J connectivity index is 1.68. The first-order chi connectivity index (χ1) is 12.7. The Morgan fingerprint density at radius 2 is 1.81 bits per heavy atom. The molecule has 0 aliphatic heterocycles. The predicted octanol–water partition coefficient (Wildman–Crippen LogP) is 3.46. The highest BCUT2D eigenvalue weighted by molar-refractivity contribution is 6.03. The molecule has 0 radical (unpaired) electrons. The average Bonchev–Trinajstić information content (AvgIpc) is 2.67. The van der Waals surface area contributed by atoms with Gasteiger partial charge in [-0.2, -0.15) is 0 Å². The molecule has 3 aromatic rings. The van der Waals surface area contributed by atoms with E-state index in [1.54, 1.807) is 37.3 Å². The van der Waals surface area contributed by atoms with E-state index in [4.69, 9.17) is 4.74 Å². The number of anilines is 1. The normalized spacial score (nSPS) is 10.8. The van der Waals surface area contributed by atoms with Crippen molar-refractivity contribution in [3.8, 4) is 0 Å². The van der Waals surface area contributed by atoms with Crippen molar-refractivity contribution in [3.05, 3.63) is 72.1 Å². The van der Waals surface area contributed by atoms with Crippen molar-refractivity contribution in [2.45, 2.75) is 6.92 Å². The van der Waals surface area contributed by atoms with Crippen molar-refractivity contribution >= 4 is 34.7 Å². The molecular formula is C20H17N3O3. The molecule has 6 heteroatoms. The minimum Gasteiger partial charge on any atom is -0.463 e. The summed E-state index contributed by atoms with van der Waals surface area (Å²) in [6, 6.07) is 14.4. The molecule has 1 aromatic heterocycles. The van der Waals surface area contributed by atoms with Gasteiger partial charge in [-0.15, -0.1) is 0 Å². The van der Waals surface area contributed by atoms with E-state index in [1.807, 2.05) is 24.3 Å². The predicted molar refractivity (Wildman–Crippen MR) is 99.6 cm³/mol. The second kappa shape index (κ2) is 8.02. The monoisotopic (exact) mass is 347 g/mol. The number of rotatable bonds is 5. The zero-order valence-corrected chi connectivity index (χ0v) is 14.2. The van der Waals surface area contributed by atoms with E-state index in [-0.39, 0.29) is 17.6 Å². The van der Waals surface area contributed by atoms with Crippen molar-refractivity contribution in [1.29, 1.82) is 0 Å². The van der Waals surface area contributed by atoms with Crippen LogP contribution in [0.25, 0.3) is 17.1 Å². The molecule has 1 amide bonds. The van der Waals surface area contributed by atoms with Crippen molar-refractivity contribution < 1.29 is 14.3 Å². The van der Waals surface area contributed by atoms with Crippen LogP contribution >= 0.6 is 0 Å². The molecule has 6 nitrogen and oxygen atoms in total. The van der Waals surface area contributed by atoms with E-state index in [9.17, 15) is 9.59 Å². The highest BCUT2D eigenvalue weighted by Gasteiger charge is 2.09. The van der Waals surface area contributed by atoms with Gasteiger partial charge in [-0.3, -0.25) is 9.78 Å². The smallest absolute Gasteiger partial charge is 0.330 e. The molecule has 130 valence electrons. The van der Waals surface area contributed by atoms with Gasteiger partial charge in [0.05, 0.1) is 23.8 Å². The minimum absolute atomic E-state index is 0.245. The van der Waals surface area contributed by atoms with Crippen LogP contribution in [0.4, 0.5) is 5.69 Å². The number of fused-ring (bicyclic) bond motifs is 1. The number of aromatic nitrogens is 2. The molecule has 3 rings (SSSR count). The first-order valence-corrected chi connectivity index (χ1v) is 8.14. The summed E-state index contributed by atoms with van der Waals surface area (Å²) in [6.45, 7) is 2.09. The molecule has 0 saturated carbocycles. The van der Waals surface area contributed by atoms with Gasteiger partial charge in [-0.1, -0.05) is 24.3 Å². The van der Waals surface area contributed by atoms with Crippen molar-refractivity contribution in [2.75, 3.05) is 11.9 Å². The van der Waals surface area contributed by atoms with Crippen LogP contribution < -0.4 is 5.32 Å². The molecule has 0 bridgehead atoms. The molecule has 0 saturated heterocycles. The summed E-state index contributed by atoms with van der Waals surface area (Å²) in [5.74, 6) is -0.724. The fourth-order valence-corrected chi connectivity index (χ4v) is 2.29. The molecule has 2 aromatic carbocycles. The van der Waals surface area contributed by atoms with Gasteiger partial charge in [0.1, 0.15) is 5.69 Å². The number of amides is 1. The lowest BCUT2D eigenvalue weighted by Crippen LogP contribution is -2.14. The lowest BCUT2D eigenvalue weighted by molar-refractivity contribution is -0.137. The molecule has 0 fully saturated rings. The van der Waals surface area contributed by atoms with Crippen molar-refractivity contribution in [1.82, 2.24) is 9.97 Å². The third-order valence-electron chi connectivity index (χ3n) is 3.55. The Kier molecular flexibility index (Phi) is 5.34. The lowest BCUT2D eigenvalue weighted by Gasteiger charge is -2.05. The number of nitrogens with one attached hydrogen (secondary N) is 1. The summed E-state index contributed by atoms with van der Waals surface area (Å²) in [4.78, 5) is 32.2. The number of hydrogen-bond acceptors (Lipinski definition) is 5. The van der Waals surface area contributed by atoms with Gasteiger partial charge in [0.15, 0.2) is 0 Å². The zero-order valence-electron chi connectivity index (χ0n) is 14.2. The molecule has 0 atom stereocenters. The summed E-state index contributed by atoms with van der Waals surface area (Å²) in [5, 5.41) is 2.78. The quantitative estimate of drug-likeness (QED) is 0.565. The number of carbonyl (C=O) groups is 2. The molecule has 0 aliphatic carbocycles. The average molecular weight is 347 g/mol. The standard InChI is InChI=1S/C20H17N3O3/c1-2-26-19(24)12-9-14-7-10-15(11-8-14)22-20(25)18-13-21-16-5-3-4-6-17(16)23-18/h3-13H,2H2,1H3,(H,22,25)/b12-9+. The summed E-state index contributed by atoms with van der Waals surface area (Å²) in [6.07, 6.45) is 4.47. The van der Waals surface area contributed by atoms with E-state index >= 15 is 0 Å². The summed E-state index contributed by atoms with van der Waals surface area (Å²) >= 11 is 0. The van der Waals surface area contributed by atoms with Gasteiger partial charge in [0, 0.05) is 11.8 Å². The van der Waals surface area contributed by atoms with Gasteiger partial charge in [-0.25, -0.2) is 9.78 Å². The number of hydrogen-bond donors (Lipinski definition) is 1. The second-order valence-corrected chi connectivity index (χ2v) is 5.41. The van der Waals surface area contributed by atoms with E-state index in [1.165, 1.54) is 12.3 Å². The molecule has 0 unspecified atom stereocenters. The molecule has 1 heterocycles. The van der Waals surface area contributed by atoms with Crippen LogP contribution in [0.3, 0.4) is 0 Å². The third kappa shape index (κ3) is 4.30. The van der Waals surface area contributed by atoms with E-state index in [0.717, 1.165) is 11.1 Å². The fourth-order valence-electron chi connectivity index (χ4n) is 2.29. The van der Waals surface area contributed by atoms with Crippen LogP contribution in [0.15, 0.2) is 60.8 Å². The maximum absolute atomic E-state index is 12.3. The summed E-state index contributed by atoms with van der Waals surface area (Å²) < 4.78 is 4.82. The van der Waals surface area contributed by atoms with Crippen molar-refractivity contribution in [3.63, 3.8) is 0 Å². The largest absolute Gasteiger partial charge is 0.463 e. The Bertz CT molecular complexity index is 965. The SMILES string of the molecule is CCOC(=O)/C=C/c1ccc(NC(=O)c2cnc3ccccc3n2)cc1. The van der Waals surface area contributed by atoms with Crippen LogP contribution in [0.2, 0.25) is 0 Å². The fraction of sp³-hybridized carbons (Fsp3) is 0.100. The van der Waals surface area contributed by atoms with Crippen LogP contribution in [-0.2, 0) is 9.53 Å². The Hall–Kier alpha value is -3.54. The van der Waals surface area contributed by atoms with Gasteiger partial charge >= 0.3 is 5.97 Å². The van der Waals surface area contributed by atoms with E-state index < -0.39 is 0 Å². The van der Waals surface area contributed by atoms with Crippen LogP contribution in [0.5, 0.6) is 0 Å². The van der Waals surface area contributed by atoms with Crippen molar-refractivity contribution in [2.24, 2.45) is 0 Å². The van der Waals surface area contributed by atoms with Gasteiger partial charge in [0.25, 0.3) is 5.91 Å². The summed E-state index contributed by atoms with van der Waals surface area (Å²) in [7, 11) is 0. The number of carbonyl (C=O) groups excluding carboxylic acids is 2. The summed E-state index contributed by atoms with van der Waals surface area (Å²) in [5.41, 5.74) is 3.09. The maximum Gasteiger partial charge on any atom is 0.330 e. The van der Waals surface area contributed by atoms with E-state index in [0.29, 0.717) is 17.8 Å². The highest BCUT2D eigenvalue weighted by atomic mass is 16.5. The first-order valence-electron chi connectivity index (χ1n) is 8.14. The zero-order chi connectivity index (χ0) is 18.4. The molecular weight excluding hydrogens is 330 g/mol. The van der Waals surface area contributed by atoms with Gasteiger partial charge < -0.3 is 10.1 Å². The molecule has 26 heavy (non-hydrogen) atoms. The van der Waals surface area contributed by atoms with Gasteiger partial charge in [0.2, 0.25) is 0 Å². The van der Waals surface area contributed by atoms with Crippen LogP contribution in [0, 0.1) is 0 Å². The molecule has 0 aliphatic rings. The Morgan fingerprint density at radius 1 is 1.08 bits per heavy atom. The second-order valence-electron chi connectivity index (χ2n) is 5.41. The minimum atomic E-state index is -0.389.